The standard InChI is InChI=1S/C11H15F2NO/c1-7(15)6-14-8(2)9-3-4-10(12)11(13)5-9/h3-5,7-8,14-15H,6H2,1-2H3/t7-,8?/m1/s1. The summed E-state index contributed by atoms with van der Waals surface area (Å²) in [5.74, 6) is -1.69. The molecule has 2 nitrogen and oxygen atoms in total. The summed E-state index contributed by atoms with van der Waals surface area (Å²) in [4.78, 5) is 0. The fourth-order valence-electron chi connectivity index (χ4n) is 1.25. The maximum absolute atomic E-state index is 12.9. The fourth-order valence-corrected chi connectivity index (χ4v) is 1.25. The molecule has 2 atom stereocenters. The highest BCUT2D eigenvalue weighted by Gasteiger charge is 2.09. The van der Waals surface area contributed by atoms with Crippen LogP contribution in [0.5, 0.6) is 0 Å². The Morgan fingerprint density at radius 2 is 1.93 bits per heavy atom. The third-order valence-corrected chi connectivity index (χ3v) is 2.16. The topological polar surface area (TPSA) is 32.3 Å². The average Bonchev–Trinajstić information content (AvgIpc) is 2.18. The molecule has 0 heterocycles. The summed E-state index contributed by atoms with van der Waals surface area (Å²) in [6.07, 6.45) is -0.460. The fraction of sp³-hybridized carbons (Fsp3) is 0.455. The highest BCUT2D eigenvalue weighted by Crippen LogP contribution is 2.15. The van der Waals surface area contributed by atoms with E-state index in [1.54, 1.807) is 6.92 Å². The number of hydrogen-bond acceptors (Lipinski definition) is 2. The van der Waals surface area contributed by atoms with Crippen LogP contribution in [0.1, 0.15) is 25.5 Å². The minimum atomic E-state index is -0.849. The summed E-state index contributed by atoms with van der Waals surface area (Å²) in [6.45, 7) is 3.90. The van der Waals surface area contributed by atoms with Crippen molar-refractivity contribution in [2.45, 2.75) is 26.0 Å². The molecule has 15 heavy (non-hydrogen) atoms. The number of rotatable bonds is 4. The van der Waals surface area contributed by atoms with Gasteiger partial charge in [0.25, 0.3) is 0 Å². The Hall–Kier alpha value is -1.00. The van der Waals surface area contributed by atoms with Gasteiger partial charge in [-0.2, -0.15) is 0 Å². The quantitative estimate of drug-likeness (QED) is 0.805. The number of nitrogens with one attached hydrogen (secondary N) is 1. The zero-order chi connectivity index (χ0) is 11.4. The number of benzene rings is 1. The highest BCUT2D eigenvalue weighted by molar-refractivity contribution is 5.20. The Kier molecular flexibility index (Phi) is 4.17. The van der Waals surface area contributed by atoms with Crippen molar-refractivity contribution in [2.75, 3.05) is 6.54 Å². The van der Waals surface area contributed by atoms with E-state index in [4.69, 9.17) is 5.11 Å². The normalized spacial score (nSPS) is 15.0. The first-order chi connectivity index (χ1) is 7.00. The summed E-state index contributed by atoms with van der Waals surface area (Å²) in [7, 11) is 0. The molecule has 0 saturated carbocycles. The first-order valence-electron chi connectivity index (χ1n) is 4.87. The van der Waals surface area contributed by atoms with Gasteiger partial charge in [0.1, 0.15) is 0 Å². The van der Waals surface area contributed by atoms with Gasteiger partial charge < -0.3 is 10.4 Å². The molecule has 0 radical (unpaired) electrons. The van der Waals surface area contributed by atoms with Crippen LogP contribution in [0.25, 0.3) is 0 Å². The summed E-state index contributed by atoms with van der Waals surface area (Å²) >= 11 is 0. The third kappa shape index (κ3) is 3.57. The van der Waals surface area contributed by atoms with Gasteiger partial charge in [0.15, 0.2) is 11.6 Å². The molecule has 1 aromatic rings. The Labute approximate surface area is 87.9 Å². The third-order valence-electron chi connectivity index (χ3n) is 2.16. The van der Waals surface area contributed by atoms with Crippen LogP contribution in [0.3, 0.4) is 0 Å². The average molecular weight is 215 g/mol. The molecule has 4 heteroatoms. The first-order valence-corrected chi connectivity index (χ1v) is 4.87. The maximum Gasteiger partial charge on any atom is 0.159 e. The molecule has 0 bridgehead atoms. The molecule has 0 saturated heterocycles. The molecule has 0 aliphatic carbocycles. The van der Waals surface area contributed by atoms with Crippen molar-refractivity contribution < 1.29 is 13.9 Å². The zero-order valence-corrected chi connectivity index (χ0v) is 8.80. The van der Waals surface area contributed by atoms with Crippen molar-refractivity contribution in [3.8, 4) is 0 Å². The van der Waals surface area contributed by atoms with Crippen molar-refractivity contribution in [1.29, 1.82) is 0 Å². The molecule has 1 aromatic carbocycles. The summed E-state index contributed by atoms with van der Waals surface area (Å²) in [5.41, 5.74) is 0.662. The number of aliphatic hydroxyl groups is 1. The van der Waals surface area contributed by atoms with Gasteiger partial charge in [-0.05, 0) is 31.5 Å². The van der Waals surface area contributed by atoms with E-state index >= 15 is 0 Å². The van der Waals surface area contributed by atoms with Crippen molar-refractivity contribution in [3.63, 3.8) is 0 Å². The molecule has 0 fully saturated rings. The number of hydrogen-bond donors (Lipinski definition) is 2. The Morgan fingerprint density at radius 1 is 1.27 bits per heavy atom. The van der Waals surface area contributed by atoms with E-state index in [-0.39, 0.29) is 6.04 Å². The lowest BCUT2D eigenvalue weighted by molar-refractivity contribution is 0.187. The molecule has 0 spiro atoms. The van der Waals surface area contributed by atoms with Gasteiger partial charge in [0, 0.05) is 12.6 Å². The minimum absolute atomic E-state index is 0.116. The van der Waals surface area contributed by atoms with E-state index in [1.807, 2.05) is 6.92 Å². The molecule has 0 aliphatic heterocycles. The van der Waals surface area contributed by atoms with E-state index in [9.17, 15) is 8.78 Å². The van der Waals surface area contributed by atoms with Crippen LogP contribution in [0.15, 0.2) is 18.2 Å². The first kappa shape index (κ1) is 12.1. The van der Waals surface area contributed by atoms with Crippen LogP contribution in [-0.2, 0) is 0 Å². The second kappa shape index (κ2) is 5.19. The molecule has 0 aliphatic rings. The highest BCUT2D eigenvalue weighted by atomic mass is 19.2. The molecule has 1 unspecified atom stereocenters. The van der Waals surface area contributed by atoms with E-state index in [0.717, 1.165) is 12.1 Å². The minimum Gasteiger partial charge on any atom is -0.392 e. The van der Waals surface area contributed by atoms with E-state index < -0.39 is 17.7 Å². The summed E-state index contributed by atoms with van der Waals surface area (Å²) < 4.78 is 25.5. The van der Waals surface area contributed by atoms with Gasteiger partial charge in [-0.25, -0.2) is 8.78 Å². The van der Waals surface area contributed by atoms with Crippen molar-refractivity contribution in [1.82, 2.24) is 5.32 Å². The van der Waals surface area contributed by atoms with Gasteiger partial charge in [0.2, 0.25) is 0 Å². The lowest BCUT2D eigenvalue weighted by atomic mass is 10.1. The number of halogens is 2. The molecule has 0 amide bonds. The summed E-state index contributed by atoms with van der Waals surface area (Å²) in [5, 5.41) is 12.1. The second-order valence-electron chi connectivity index (χ2n) is 3.65. The van der Waals surface area contributed by atoms with E-state index in [2.05, 4.69) is 5.32 Å². The predicted molar refractivity (Wildman–Crippen MR) is 54.5 cm³/mol. The van der Waals surface area contributed by atoms with Crippen molar-refractivity contribution in [2.24, 2.45) is 0 Å². The Balaban J connectivity index is 2.65. The largest absolute Gasteiger partial charge is 0.392 e. The van der Waals surface area contributed by atoms with Crippen molar-refractivity contribution in [3.05, 3.63) is 35.4 Å². The monoisotopic (exact) mass is 215 g/mol. The Bertz CT molecular complexity index is 328. The van der Waals surface area contributed by atoms with Crippen LogP contribution in [0.4, 0.5) is 8.78 Å². The molecule has 1 rings (SSSR count). The molecule has 84 valence electrons. The van der Waals surface area contributed by atoms with Crippen LogP contribution in [0.2, 0.25) is 0 Å². The van der Waals surface area contributed by atoms with Gasteiger partial charge in [-0.1, -0.05) is 6.07 Å². The van der Waals surface area contributed by atoms with E-state index in [0.29, 0.717) is 12.1 Å². The van der Waals surface area contributed by atoms with Gasteiger partial charge in [0.05, 0.1) is 6.10 Å². The lowest BCUT2D eigenvalue weighted by Gasteiger charge is -2.15. The number of aliphatic hydroxyl groups excluding tert-OH is 1. The molecule has 0 aromatic heterocycles. The lowest BCUT2D eigenvalue weighted by Crippen LogP contribution is -2.27. The van der Waals surface area contributed by atoms with Gasteiger partial charge in [-0.3, -0.25) is 0 Å². The SMILES string of the molecule is CC(NC[C@@H](C)O)c1ccc(F)c(F)c1. The van der Waals surface area contributed by atoms with Crippen LogP contribution in [0, 0.1) is 11.6 Å². The molecule has 2 N–H and O–H groups in total. The second-order valence-corrected chi connectivity index (χ2v) is 3.65. The van der Waals surface area contributed by atoms with Crippen LogP contribution in [-0.4, -0.2) is 17.8 Å². The zero-order valence-electron chi connectivity index (χ0n) is 8.80. The molecular formula is C11H15F2NO. The smallest absolute Gasteiger partial charge is 0.159 e. The maximum atomic E-state index is 12.9. The Morgan fingerprint density at radius 3 is 2.47 bits per heavy atom. The molecular weight excluding hydrogens is 200 g/mol. The predicted octanol–water partition coefficient (Wildman–Crippen LogP) is 2.00. The van der Waals surface area contributed by atoms with Gasteiger partial charge >= 0.3 is 0 Å². The van der Waals surface area contributed by atoms with Crippen molar-refractivity contribution >= 4 is 0 Å². The summed E-state index contributed by atoms with van der Waals surface area (Å²) in [6, 6.07) is 3.67. The van der Waals surface area contributed by atoms with Crippen LogP contribution < -0.4 is 5.32 Å². The van der Waals surface area contributed by atoms with Crippen LogP contribution >= 0.6 is 0 Å². The van der Waals surface area contributed by atoms with E-state index in [1.165, 1.54) is 6.07 Å². The van der Waals surface area contributed by atoms with Gasteiger partial charge in [-0.15, -0.1) is 0 Å².